The van der Waals surface area contributed by atoms with Crippen LogP contribution in [-0.2, 0) is 14.3 Å². The first-order valence-corrected chi connectivity index (χ1v) is 26.3. The zero-order valence-corrected chi connectivity index (χ0v) is 44.7. The molecule has 1 heterocycles. The van der Waals surface area contributed by atoms with Crippen molar-refractivity contribution in [2.45, 2.75) is 231 Å². The fourth-order valence-electron chi connectivity index (χ4n) is 9.03. The van der Waals surface area contributed by atoms with E-state index in [0.29, 0.717) is 31.3 Å². The molecule has 0 fully saturated rings. The molecule has 0 aromatic rings. The Morgan fingerprint density at radius 2 is 1.18 bits per heavy atom. The van der Waals surface area contributed by atoms with Gasteiger partial charge in [0.05, 0.1) is 85.5 Å². The number of rotatable bonds is 5. The lowest BCUT2D eigenvalue weighted by atomic mass is 9.82. The highest BCUT2D eigenvalue weighted by atomic mass is 16.5. The number of carbonyl (C=O) groups excluding carboxylic acids is 1. The van der Waals surface area contributed by atoms with Crippen LogP contribution in [0.4, 0.5) is 0 Å². The van der Waals surface area contributed by atoms with Crippen molar-refractivity contribution < 1.29 is 90.9 Å². The van der Waals surface area contributed by atoms with Crippen molar-refractivity contribution in [2.75, 3.05) is 0 Å². The van der Waals surface area contributed by atoms with Gasteiger partial charge in [0.2, 0.25) is 0 Å². The van der Waals surface area contributed by atoms with E-state index < -0.39 is 133 Å². The van der Waals surface area contributed by atoms with Gasteiger partial charge in [-0.15, -0.1) is 0 Å². The Bertz CT molecular complexity index is 1720. The first kappa shape index (κ1) is 68.1. The van der Waals surface area contributed by atoms with E-state index in [1.807, 2.05) is 19.1 Å². The number of carboxylic acid groups (broad SMARTS) is 1. The lowest BCUT2D eigenvalue weighted by Crippen LogP contribution is -2.41. The SMILES string of the molecule is CC1=CCC[C@@H](C)[C@@H](O)[C@@H](C)[C@H](O)CCC=C[C@@H](C)[C@H](O)C=C[C@@H](C)[C@H](O)C(C)=C[C@@H](O)[C@@H](O)C[C@@H](O)C[C@H](O)C[C@H](O)[C@@H](C)[C@H](O)[C@H](C)[C@H](O)C[C@H](O)C[C@H](O)C=CC[C@H]([C@H](C)[C@H](O)CCC(=O)O)OC1=O. The molecule has 0 saturated carbocycles. The van der Waals surface area contributed by atoms with Crippen LogP contribution in [0, 0.1) is 41.4 Å². The Morgan fingerprint density at radius 3 is 1.75 bits per heavy atom. The highest BCUT2D eigenvalue weighted by Gasteiger charge is 2.34. The molecule has 0 aromatic heterocycles. The molecule has 0 saturated heterocycles. The summed E-state index contributed by atoms with van der Waals surface area (Å²) in [6.07, 6.45) is -5.42. The molecule has 0 aromatic carbocycles. The lowest BCUT2D eigenvalue weighted by Gasteiger charge is -2.33. The van der Waals surface area contributed by atoms with E-state index in [9.17, 15) is 86.2 Å². The molecule has 1 rings (SSSR count). The fourth-order valence-corrected chi connectivity index (χ4v) is 9.03. The van der Waals surface area contributed by atoms with Gasteiger partial charge >= 0.3 is 11.9 Å². The summed E-state index contributed by atoms with van der Waals surface area (Å²) < 4.78 is 5.82. The highest BCUT2D eigenvalue weighted by Crippen LogP contribution is 2.28. The van der Waals surface area contributed by atoms with Gasteiger partial charge in [-0.1, -0.05) is 97.1 Å². The van der Waals surface area contributed by atoms with Crippen molar-refractivity contribution in [1.29, 1.82) is 0 Å². The quantitative estimate of drug-likeness (QED) is 0.139. The Labute approximate surface area is 433 Å². The summed E-state index contributed by atoms with van der Waals surface area (Å²) in [7, 11) is 0. The first-order valence-electron chi connectivity index (χ1n) is 26.3. The lowest BCUT2D eigenvalue weighted by molar-refractivity contribution is -0.149. The number of hydrogen-bond donors (Lipinski definition) is 15. The molecule has 0 bridgehead atoms. The Hall–Kier alpha value is -2.92. The Kier molecular flexibility index (Phi) is 32.4. The maximum Gasteiger partial charge on any atom is 0.333 e. The third-order valence-corrected chi connectivity index (χ3v) is 14.9. The van der Waals surface area contributed by atoms with E-state index in [2.05, 4.69) is 0 Å². The van der Waals surface area contributed by atoms with Crippen LogP contribution in [0.3, 0.4) is 0 Å². The van der Waals surface area contributed by atoms with Gasteiger partial charge in [0.25, 0.3) is 0 Å². The molecule has 18 nitrogen and oxygen atoms in total. The Balaban J connectivity index is 3.35. The molecule has 0 aliphatic carbocycles. The van der Waals surface area contributed by atoms with Crippen molar-refractivity contribution in [1.82, 2.24) is 0 Å². The molecule has 73 heavy (non-hydrogen) atoms. The zero-order valence-electron chi connectivity index (χ0n) is 44.7. The monoisotopic (exact) mass is 1040 g/mol. The van der Waals surface area contributed by atoms with E-state index >= 15 is 0 Å². The van der Waals surface area contributed by atoms with Gasteiger partial charge in [0.1, 0.15) is 6.10 Å². The smallest absolute Gasteiger partial charge is 0.333 e. The first-order chi connectivity index (χ1) is 34.0. The minimum atomic E-state index is -1.49. The van der Waals surface area contributed by atoms with Crippen LogP contribution in [0.1, 0.15) is 139 Å². The second-order valence-electron chi connectivity index (χ2n) is 21.4. The van der Waals surface area contributed by atoms with Crippen LogP contribution in [0.15, 0.2) is 59.8 Å². The number of aliphatic carboxylic acids is 1. The predicted molar refractivity (Wildman–Crippen MR) is 276 cm³/mol. The normalized spacial score (nSPS) is 39.4. The van der Waals surface area contributed by atoms with Crippen LogP contribution < -0.4 is 0 Å². The summed E-state index contributed by atoms with van der Waals surface area (Å²) in [6, 6.07) is 0. The number of allylic oxidation sites excluding steroid dienone is 2. The zero-order chi connectivity index (χ0) is 55.9. The molecule has 1 aliphatic heterocycles. The topological polar surface area (TPSA) is 347 Å². The number of cyclic esters (lactones) is 1. The van der Waals surface area contributed by atoms with Crippen LogP contribution >= 0.6 is 0 Å². The van der Waals surface area contributed by atoms with Crippen molar-refractivity contribution in [3.05, 3.63) is 59.8 Å². The van der Waals surface area contributed by atoms with Crippen LogP contribution in [-0.4, -0.2) is 180 Å². The van der Waals surface area contributed by atoms with Gasteiger partial charge < -0.3 is 81.3 Å². The van der Waals surface area contributed by atoms with Gasteiger partial charge in [-0.2, -0.15) is 0 Å². The minimum absolute atomic E-state index is 0.00224. The highest BCUT2D eigenvalue weighted by molar-refractivity contribution is 5.87. The van der Waals surface area contributed by atoms with Gasteiger partial charge in [-0.25, -0.2) is 4.79 Å². The Morgan fingerprint density at radius 1 is 0.630 bits per heavy atom. The van der Waals surface area contributed by atoms with Gasteiger partial charge in [-0.3, -0.25) is 4.79 Å². The van der Waals surface area contributed by atoms with Crippen molar-refractivity contribution in [3.63, 3.8) is 0 Å². The van der Waals surface area contributed by atoms with Crippen molar-refractivity contribution in [2.24, 2.45) is 41.4 Å². The molecule has 18 heteroatoms. The molecule has 0 unspecified atom stereocenters. The maximum atomic E-state index is 13.3. The molecule has 15 N–H and O–H groups in total. The summed E-state index contributed by atoms with van der Waals surface area (Å²) in [5.74, 6) is -5.91. The fraction of sp³-hybridized carbons (Fsp3) is 0.782. The van der Waals surface area contributed by atoms with E-state index in [1.54, 1.807) is 59.8 Å². The number of carbonyl (C=O) groups is 2. The number of carboxylic acids is 1. The number of hydrogen-bond acceptors (Lipinski definition) is 17. The second kappa shape index (κ2) is 34.7. The summed E-state index contributed by atoms with van der Waals surface area (Å²) in [5.41, 5.74) is 0.583. The van der Waals surface area contributed by atoms with E-state index in [4.69, 9.17) is 4.74 Å². The van der Waals surface area contributed by atoms with Crippen LogP contribution in [0.5, 0.6) is 0 Å². The van der Waals surface area contributed by atoms with Crippen LogP contribution in [0.25, 0.3) is 0 Å². The summed E-state index contributed by atoms with van der Waals surface area (Å²) in [6.45, 7) is 14.9. The molecule has 0 amide bonds. The number of ether oxygens (including phenoxy) is 1. The third-order valence-electron chi connectivity index (χ3n) is 14.9. The number of aliphatic hydroxyl groups excluding tert-OH is 14. The number of esters is 1. The van der Waals surface area contributed by atoms with E-state index in [0.717, 1.165) is 0 Å². The average Bonchev–Trinajstić information content (AvgIpc) is 3.32. The van der Waals surface area contributed by atoms with Gasteiger partial charge in [0, 0.05) is 66.8 Å². The van der Waals surface area contributed by atoms with E-state index in [-0.39, 0.29) is 68.8 Å². The van der Waals surface area contributed by atoms with Gasteiger partial charge in [0.15, 0.2) is 0 Å². The standard InChI is InChI=1S/C55H96O18/c1-30-14-10-11-18-44(61)36(7)53(70)31(2)15-12-16-33(4)55(72)73-50(35(6)45(62)22-23-51(67)68)19-13-17-39(56)25-40(57)27-46(63)37(8)54(71)38(9)47(64)28-41(58)26-42(59)29-49(66)48(65)24-34(5)52(69)32(3)20-21-43(30)60/h10,13-14,16-17,20-21,24,30-32,35-50,52-54,56-66,69-71H,11-12,15,18-19,22-23,25-29H2,1-9H3,(H,67,68)/t30-,31-,32-,35-,36+,37-,38-,39-,40-,41+,42+,43-,44-,45-,46-,47+,48-,49+,50-,52+,53-,54-/m1/s1. The summed E-state index contributed by atoms with van der Waals surface area (Å²) in [4.78, 5) is 24.6. The molecule has 0 radical (unpaired) electrons. The van der Waals surface area contributed by atoms with Crippen LogP contribution in [0.2, 0.25) is 0 Å². The summed E-state index contributed by atoms with van der Waals surface area (Å²) >= 11 is 0. The van der Waals surface area contributed by atoms with Gasteiger partial charge in [-0.05, 0) is 76.7 Å². The third kappa shape index (κ3) is 25.7. The second-order valence-corrected chi connectivity index (χ2v) is 21.4. The average molecular weight is 1050 g/mol. The number of aliphatic hydroxyl groups is 14. The van der Waals surface area contributed by atoms with Crippen molar-refractivity contribution in [3.8, 4) is 0 Å². The largest absolute Gasteiger partial charge is 0.481 e. The molecule has 424 valence electrons. The predicted octanol–water partition coefficient (Wildman–Crippen LogP) is 2.74. The maximum absolute atomic E-state index is 13.3. The van der Waals surface area contributed by atoms with E-state index in [1.165, 1.54) is 32.1 Å². The molecular formula is C55H96O18. The molecule has 0 spiro atoms. The molecular weight excluding hydrogens is 949 g/mol. The summed E-state index contributed by atoms with van der Waals surface area (Å²) in [5, 5.41) is 161. The molecule has 22 atom stereocenters. The minimum Gasteiger partial charge on any atom is -0.481 e. The van der Waals surface area contributed by atoms with Crippen molar-refractivity contribution >= 4 is 11.9 Å². The molecule has 1 aliphatic rings.